The predicted molar refractivity (Wildman–Crippen MR) is 138 cm³/mol. The van der Waals surface area contributed by atoms with Gasteiger partial charge in [0.05, 0.1) is 5.52 Å². The number of nitrogens with zero attached hydrogens (tertiary/aromatic N) is 2. The summed E-state index contributed by atoms with van der Waals surface area (Å²) in [6.07, 6.45) is 0.866. The number of hydrogen-bond acceptors (Lipinski definition) is 7. The van der Waals surface area contributed by atoms with E-state index in [2.05, 4.69) is 30.4 Å². The van der Waals surface area contributed by atoms with Crippen LogP contribution in [0.2, 0.25) is 0 Å². The number of aromatic nitrogens is 2. The smallest absolute Gasteiger partial charge is 0.272 e. The molecular formula is C26H25N3O4S2. The fourth-order valence-corrected chi connectivity index (χ4v) is 5.67. The van der Waals surface area contributed by atoms with E-state index in [1.54, 1.807) is 16.3 Å². The average Bonchev–Trinajstić information content (AvgIpc) is 3.52. The average molecular weight is 508 g/mol. The van der Waals surface area contributed by atoms with E-state index in [4.69, 9.17) is 14.5 Å². The molecule has 1 aliphatic heterocycles. The van der Waals surface area contributed by atoms with Gasteiger partial charge in [0.15, 0.2) is 16.7 Å². The molecule has 0 unspecified atom stereocenters. The van der Waals surface area contributed by atoms with Crippen LogP contribution in [0, 0.1) is 6.92 Å². The van der Waals surface area contributed by atoms with Gasteiger partial charge in [-0.2, -0.15) is 0 Å². The highest BCUT2D eigenvalue weighted by molar-refractivity contribution is 7.98. The van der Waals surface area contributed by atoms with Crippen molar-refractivity contribution in [1.29, 1.82) is 0 Å². The van der Waals surface area contributed by atoms with Crippen molar-refractivity contribution in [2.45, 2.75) is 43.8 Å². The molecule has 9 heteroatoms. The van der Waals surface area contributed by atoms with Crippen molar-refractivity contribution in [1.82, 2.24) is 14.9 Å². The summed E-state index contributed by atoms with van der Waals surface area (Å²) in [5.74, 6) is 2.08. The van der Waals surface area contributed by atoms with Gasteiger partial charge in [-0.1, -0.05) is 47.7 Å². The quantitative estimate of drug-likeness (QED) is 0.257. The Morgan fingerprint density at radius 1 is 1.14 bits per heavy atom. The van der Waals surface area contributed by atoms with Crippen molar-refractivity contribution in [2.24, 2.45) is 0 Å². The Morgan fingerprint density at radius 2 is 2.03 bits per heavy atom. The maximum absolute atomic E-state index is 13.2. The van der Waals surface area contributed by atoms with E-state index in [1.165, 1.54) is 22.5 Å². The largest absolute Gasteiger partial charge is 0.454 e. The summed E-state index contributed by atoms with van der Waals surface area (Å²) in [6, 6.07) is 15.8. The molecule has 0 atom stereocenters. The number of aryl methyl sites for hydroxylation is 1. The Balaban J connectivity index is 1.21. The third-order valence-electron chi connectivity index (χ3n) is 5.69. The lowest BCUT2D eigenvalue weighted by Gasteiger charge is -2.12. The number of carbonyl (C=O) groups excluding carboxylic acids is 1. The maximum atomic E-state index is 13.2. The van der Waals surface area contributed by atoms with E-state index >= 15 is 0 Å². The van der Waals surface area contributed by atoms with Crippen LogP contribution in [0.15, 0.2) is 63.9 Å². The van der Waals surface area contributed by atoms with Crippen LogP contribution < -0.4 is 20.3 Å². The maximum Gasteiger partial charge on any atom is 0.272 e. The Bertz CT molecular complexity index is 1430. The highest BCUT2D eigenvalue weighted by Gasteiger charge is 2.15. The zero-order chi connectivity index (χ0) is 24.2. The summed E-state index contributed by atoms with van der Waals surface area (Å²) in [4.78, 5) is 30.4. The monoisotopic (exact) mass is 507 g/mol. The third kappa shape index (κ3) is 5.52. The molecule has 5 rings (SSSR count). The molecule has 4 aromatic rings. The zero-order valence-electron chi connectivity index (χ0n) is 19.3. The molecule has 0 saturated carbocycles. The van der Waals surface area contributed by atoms with Crippen LogP contribution in [-0.4, -0.2) is 22.3 Å². The number of thioether (sulfide) groups is 1. The number of amides is 1. The number of ether oxygens (including phenoxy) is 2. The van der Waals surface area contributed by atoms with Gasteiger partial charge in [-0.3, -0.25) is 14.2 Å². The van der Waals surface area contributed by atoms with E-state index in [0.717, 1.165) is 22.6 Å². The van der Waals surface area contributed by atoms with Crippen molar-refractivity contribution in [3.05, 3.63) is 81.0 Å². The molecule has 0 spiro atoms. The minimum Gasteiger partial charge on any atom is -0.454 e. The summed E-state index contributed by atoms with van der Waals surface area (Å²) in [6.45, 7) is 3.14. The molecule has 1 N–H and O–H groups in total. The minimum atomic E-state index is -0.0603. The molecule has 7 nitrogen and oxygen atoms in total. The lowest BCUT2D eigenvalue weighted by atomic mass is 10.2. The fraction of sp³-hybridized carbons (Fsp3) is 0.269. The van der Waals surface area contributed by atoms with Crippen molar-refractivity contribution < 1.29 is 14.3 Å². The molecule has 0 bridgehead atoms. The second kappa shape index (κ2) is 10.5. The number of benzene rings is 2. The summed E-state index contributed by atoms with van der Waals surface area (Å²) in [7, 11) is 0. The topological polar surface area (TPSA) is 82.5 Å². The molecule has 1 amide bonds. The van der Waals surface area contributed by atoms with Gasteiger partial charge in [0.1, 0.15) is 4.70 Å². The van der Waals surface area contributed by atoms with Crippen molar-refractivity contribution in [2.75, 3.05) is 6.79 Å². The van der Waals surface area contributed by atoms with Crippen LogP contribution >= 0.6 is 23.1 Å². The van der Waals surface area contributed by atoms with Gasteiger partial charge in [-0.05, 0) is 48.1 Å². The number of thiophene rings is 1. The summed E-state index contributed by atoms with van der Waals surface area (Å²) in [5.41, 5.74) is 4.01. The van der Waals surface area contributed by atoms with E-state index < -0.39 is 0 Å². The van der Waals surface area contributed by atoms with Gasteiger partial charge in [0, 0.05) is 25.3 Å². The van der Waals surface area contributed by atoms with Crippen LogP contribution in [-0.2, 0) is 23.6 Å². The van der Waals surface area contributed by atoms with Gasteiger partial charge in [-0.25, -0.2) is 4.98 Å². The molecule has 0 fully saturated rings. The summed E-state index contributed by atoms with van der Waals surface area (Å²) in [5, 5.41) is 5.52. The number of nitrogens with one attached hydrogen (secondary N) is 1. The standard InChI is InChI=1S/C26H25N3O4S2/c1-17-4-2-5-19(12-17)15-35-26-28-20-9-11-34-24(20)25(31)29(26)10-3-6-23(30)27-14-18-7-8-21-22(13-18)33-16-32-21/h2,4-5,7-9,11-13H,3,6,10,14-16H2,1H3,(H,27,30). The molecule has 3 heterocycles. The number of fused-ring (bicyclic) bond motifs is 2. The van der Waals surface area contributed by atoms with Gasteiger partial charge < -0.3 is 14.8 Å². The van der Waals surface area contributed by atoms with Crippen LogP contribution in [0.3, 0.4) is 0 Å². The normalized spacial score (nSPS) is 12.3. The molecule has 2 aromatic carbocycles. The molecule has 2 aromatic heterocycles. The molecule has 1 aliphatic rings. The van der Waals surface area contributed by atoms with E-state index in [0.29, 0.717) is 41.5 Å². The van der Waals surface area contributed by atoms with Crippen LogP contribution in [0.5, 0.6) is 11.5 Å². The summed E-state index contributed by atoms with van der Waals surface area (Å²) >= 11 is 2.95. The molecule has 0 saturated heterocycles. The Labute approximate surface area is 211 Å². The highest BCUT2D eigenvalue weighted by atomic mass is 32.2. The van der Waals surface area contributed by atoms with E-state index in [9.17, 15) is 9.59 Å². The van der Waals surface area contributed by atoms with Crippen molar-refractivity contribution >= 4 is 39.2 Å². The molecule has 35 heavy (non-hydrogen) atoms. The van der Waals surface area contributed by atoms with Gasteiger partial charge in [0.2, 0.25) is 12.7 Å². The van der Waals surface area contributed by atoms with Crippen LogP contribution in [0.4, 0.5) is 0 Å². The molecule has 0 radical (unpaired) electrons. The van der Waals surface area contributed by atoms with Gasteiger partial charge in [-0.15, -0.1) is 11.3 Å². The first-order chi connectivity index (χ1) is 17.1. The Morgan fingerprint density at radius 3 is 2.91 bits per heavy atom. The first-order valence-electron chi connectivity index (χ1n) is 11.4. The fourth-order valence-electron chi connectivity index (χ4n) is 3.92. The molecular weight excluding hydrogens is 482 g/mol. The zero-order valence-corrected chi connectivity index (χ0v) is 20.9. The lowest BCUT2D eigenvalue weighted by Crippen LogP contribution is -2.25. The van der Waals surface area contributed by atoms with Gasteiger partial charge >= 0.3 is 0 Å². The van der Waals surface area contributed by atoms with Gasteiger partial charge in [0.25, 0.3) is 5.56 Å². The predicted octanol–water partition coefficient (Wildman–Crippen LogP) is 4.88. The number of rotatable bonds is 9. The van der Waals surface area contributed by atoms with E-state index in [1.807, 2.05) is 35.7 Å². The first kappa shape index (κ1) is 23.4. The number of carbonyl (C=O) groups is 1. The second-order valence-electron chi connectivity index (χ2n) is 8.33. The molecule has 180 valence electrons. The van der Waals surface area contributed by atoms with Crippen LogP contribution in [0.1, 0.15) is 29.5 Å². The number of hydrogen-bond donors (Lipinski definition) is 1. The molecule has 0 aliphatic carbocycles. The third-order valence-corrected chi connectivity index (χ3v) is 7.63. The van der Waals surface area contributed by atoms with Crippen LogP contribution in [0.25, 0.3) is 10.2 Å². The highest BCUT2D eigenvalue weighted by Crippen LogP contribution is 2.32. The Kier molecular flexibility index (Phi) is 7.06. The van der Waals surface area contributed by atoms with E-state index in [-0.39, 0.29) is 18.3 Å². The first-order valence-corrected chi connectivity index (χ1v) is 13.2. The Hall–Kier alpha value is -3.30. The second-order valence-corrected chi connectivity index (χ2v) is 10.2. The SMILES string of the molecule is Cc1cccc(CSc2nc3ccsc3c(=O)n2CCCC(=O)NCc2ccc3c(c2)OCO3)c1. The summed E-state index contributed by atoms with van der Waals surface area (Å²) < 4.78 is 13.1. The lowest BCUT2D eigenvalue weighted by molar-refractivity contribution is -0.121. The van der Waals surface area contributed by atoms with Crippen molar-refractivity contribution in [3.8, 4) is 11.5 Å². The minimum absolute atomic E-state index is 0.0440. The van der Waals surface area contributed by atoms with Crippen molar-refractivity contribution in [3.63, 3.8) is 0 Å².